The maximum atomic E-state index is 9.48. The Morgan fingerprint density at radius 1 is 1.31 bits per heavy atom. The maximum Gasteiger partial charge on any atom is 0.200 e. The number of hydrogen-bond donors (Lipinski definition) is 1. The van der Waals surface area contributed by atoms with Crippen molar-refractivity contribution in [3.63, 3.8) is 0 Å². The fourth-order valence-electron chi connectivity index (χ4n) is 1.62. The third-order valence-corrected chi connectivity index (χ3v) is 2.29. The molecule has 13 heavy (non-hydrogen) atoms. The second-order valence-corrected chi connectivity index (χ2v) is 3.23. The van der Waals surface area contributed by atoms with Crippen LogP contribution < -0.4 is 4.90 Å². The molecule has 1 fully saturated rings. The highest BCUT2D eigenvalue weighted by atomic mass is 16.3. The summed E-state index contributed by atoms with van der Waals surface area (Å²) >= 11 is 0. The molecule has 0 bridgehead atoms. The quantitative estimate of drug-likeness (QED) is 0.696. The van der Waals surface area contributed by atoms with Crippen LogP contribution in [0, 0.1) is 6.33 Å². The first-order valence-corrected chi connectivity index (χ1v) is 4.55. The molecule has 0 atom stereocenters. The predicted molar refractivity (Wildman–Crippen MR) is 48.6 cm³/mol. The van der Waals surface area contributed by atoms with Gasteiger partial charge in [0.25, 0.3) is 0 Å². The normalized spacial score (nSPS) is 17.4. The highest BCUT2D eigenvalue weighted by Crippen LogP contribution is 2.24. The molecule has 0 unspecified atom stereocenters. The fourth-order valence-corrected chi connectivity index (χ4v) is 1.62. The summed E-state index contributed by atoms with van der Waals surface area (Å²) in [7, 11) is 0. The monoisotopic (exact) mass is 178 g/mol. The summed E-state index contributed by atoms with van der Waals surface area (Å²) in [4.78, 5) is 9.65. The summed E-state index contributed by atoms with van der Waals surface area (Å²) in [6.07, 6.45) is 7.49. The van der Waals surface area contributed by atoms with Gasteiger partial charge in [0, 0.05) is 13.1 Å². The van der Waals surface area contributed by atoms with E-state index in [2.05, 4.69) is 21.2 Å². The van der Waals surface area contributed by atoms with Gasteiger partial charge in [0.05, 0.1) is 6.20 Å². The van der Waals surface area contributed by atoms with Gasteiger partial charge in [-0.15, -0.1) is 0 Å². The lowest BCUT2D eigenvalue weighted by Gasteiger charge is -2.27. The highest BCUT2D eigenvalue weighted by molar-refractivity contribution is 5.49. The second-order valence-electron chi connectivity index (χ2n) is 3.23. The van der Waals surface area contributed by atoms with Gasteiger partial charge in [-0.2, -0.15) is 0 Å². The molecule has 0 aromatic carbocycles. The molecule has 1 aliphatic rings. The van der Waals surface area contributed by atoms with E-state index in [0.717, 1.165) is 13.1 Å². The largest absolute Gasteiger partial charge is 0.503 e. The van der Waals surface area contributed by atoms with Crippen molar-refractivity contribution in [1.29, 1.82) is 0 Å². The van der Waals surface area contributed by atoms with Crippen LogP contribution in [0.15, 0.2) is 6.20 Å². The van der Waals surface area contributed by atoms with Crippen molar-refractivity contribution in [3.05, 3.63) is 12.5 Å². The van der Waals surface area contributed by atoms with Gasteiger partial charge in [-0.25, -0.2) is 9.97 Å². The van der Waals surface area contributed by atoms with Crippen LogP contribution in [0.1, 0.15) is 19.3 Å². The van der Waals surface area contributed by atoms with Crippen LogP contribution in [0.4, 0.5) is 5.82 Å². The molecule has 69 valence electrons. The van der Waals surface area contributed by atoms with Gasteiger partial charge in [-0.05, 0) is 19.3 Å². The van der Waals surface area contributed by atoms with Crippen molar-refractivity contribution in [3.8, 4) is 5.75 Å². The Labute approximate surface area is 77.2 Å². The smallest absolute Gasteiger partial charge is 0.200 e. The molecule has 1 aliphatic heterocycles. The van der Waals surface area contributed by atoms with Crippen molar-refractivity contribution in [2.24, 2.45) is 0 Å². The molecule has 4 nitrogen and oxygen atoms in total. The summed E-state index contributed by atoms with van der Waals surface area (Å²) in [6.45, 7) is 1.94. The van der Waals surface area contributed by atoms with Crippen molar-refractivity contribution in [2.45, 2.75) is 19.3 Å². The van der Waals surface area contributed by atoms with Crippen molar-refractivity contribution >= 4 is 5.82 Å². The summed E-state index contributed by atoms with van der Waals surface area (Å²) in [5.74, 6) is 0.773. The molecule has 1 saturated heterocycles. The van der Waals surface area contributed by atoms with Gasteiger partial charge in [0.15, 0.2) is 17.9 Å². The van der Waals surface area contributed by atoms with E-state index in [4.69, 9.17) is 0 Å². The fraction of sp³-hybridized carbons (Fsp3) is 0.556. The molecular formula is C9H12N3O. The zero-order chi connectivity index (χ0) is 9.10. The lowest BCUT2D eigenvalue weighted by Crippen LogP contribution is -2.30. The van der Waals surface area contributed by atoms with Crippen LogP contribution in [0.2, 0.25) is 0 Å². The number of aromatic nitrogens is 2. The van der Waals surface area contributed by atoms with Crippen molar-refractivity contribution < 1.29 is 5.11 Å². The Hall–Kier alpha value is -1.32. The third-order valence-electron chi connectivity index (χ3n) is 2.29. The zero-order valence-corrected chi connectivity index (χ0v) is 7.40. The molecule has 1 radical (unpaired) electrons. The van der Waals surface area contributed by atoms with Gasteiger partial charge in [0.1, 0.15) is 0 Å². The SMILES string of the molecule is Oc1cn[c]nc1N1CCCCC1. The first kappa shape index (κ1) is 8.29. The predicted octanol–water partition coefficient (Wildman–Crippen LogP) is 0.973. The van der Waals surface area contributed by atoms with E-state index in [1.54, 1.807) is 0 Å². The summed E-state index contributed by atoms with van der Waals surface area (Å²) in [5.41, 5.74) is 0. The number of hydrogen-bond acceptors (Lipinski definition) is 4. The van der Waals surface area contributed by atoms with Gasteiger partial charge in [-0.3, -0.25) is 0 Å². The Balaban J connectivity index is 2.18. The van der Waals surface area contributed by atoms with E-state index in [9.17, 15) is 5.11 Å². The number of aromatic hydroxyl groups is 1. The third kappa shape index (κ3) is 1.71. The van der Waals surface area contributed by atoms with Gasteiger partial charge in [0.2, 0.25) is 0 Å². The van der Waals surface area contributed by atoms with E-state index >= 15 is 0 Å². The van der Waals surface area contributed by atoms with E-state index in [1.165, 1.54) is 25.5 Å². The Kier molecular flexibility index (Phi) is 2.29. The first-order chi connectivity index (χ1) is 6.38. The number of anilines is 1. The van der Waals surface area contributed by atoms with Gasteiger partial charge in [-0.1, -0.05) is 0 Å². The molecule has 0 amide bonds. The minimum absolute atomic E-state index is 0.153. The molecular weight excluding hydrogens is 166 g/mol. The molecule has 1 N–H and O–H groups in total. The van der Waals surface area contributed by atoms with Crippen molar-refractivity contribution in [2.75, 3.05) is 18.0 Å². The average Bonchev–Trinajstić information content (AvgIpc) is 2.20. The van der Waals surface area contributed by atoms with E-state index in [0.29, 0.717) is 5.82 Å². The van der Waals surface area contributed by atoms with E-state index < -0.39 is 0 Å². The van der Waals surface area contributed by atoms with Gasteiger partial charge >= 0.3 is 0 Å². The number of rotatable bonds is 1. The maximum absolute atomic E-state index is 9.48. The van der Waals surface area contributed by atoms with Crippen LogP contribution in [0.25, 0.3) is 0 Å². The summed E-state index contributed by atoms with van der Waals surface area (Å²) in [5, 5.41) is 9.48. The minimum atomic E-state index is 0.153. The molecule has 0 aliphatic carbocycles. The highest BCUT2D eigenvalue weighted by Gasteiger charge is 2.15. The first-order valence-electron chi connectivity index (χ1n) is 4.55. The summed E-state index contributed by atoms with van der Waals surface area (Å²) in [6, 6.07) is 0. The molecule has 1 aromatic heterocycles. The van der Waals surface area contributed by atoms with Crippen LogP contribution in [-0.2, 0) is 0 Å². The molecule has 2 rings (SSSR count). The molecule has 2 heterocycles. The lowest BCUT2D eigenvalue weighted by molar-refractivity contribution is 0.462. The lowest BCUT2D eigenvalue weighted by atomic mass is 10.1. The molecule has 4 heteroatoms. The Bertz CT molecular complexity index is 284. The average molecular weight is 178 g/mol. The molecule has 0 saturated carbocycles. The number of nitrogens with zero attached hydrogens (tertiary/aromatic N) is 3. The topological polar surface area (TPSA) is 49.3 Å². The van der Waals surface area contributed by atoms with E-state index in [1.807, 2.05) is 0 Å². The van der Waals surface area contributed by atoms with Crippen LogP contribution >= 0.6 is 0 Å². The zero-order valence-electron chi connectivity index (χ0n) is 7.40. The minimum Gasteiger partial charge on any atom is -0.503 e. The van der Waals surface area contributed by atoms with Crippen LogP contribution in [-0.4, -0.2) is 28.2 Å². The van der Waals surface area contributed by atoms with Crippen molar-refractivity contribution in [1.82, 2.24) is 9.97 Å². The summed E-state index contributed by atoms with van der Waals surface area (Å²) < 4.78 is 0. The van der Waals surface area contributed by atoms with Crippen LogP contribution in [0.5, 0.6) is 5.75 Å². The van der Waals surface area contributed by atoms with E-state index in [-0.39, 0.29) is 5.75 Å². The standard InChI is InChI=1S/C9H12N3O/c13-8-6-10-7-11-9(8)12-4-2-1-3-5-12/h6,13H,1-5H2. The Morgan fingerprint density at radius 3 is 2.77 bits per heavy atom. The number of piperidine rings is 1. The van der Waals surface area contributed by atoms with Crippen LogP contribution in [0.3, 0.4) is 0 Å². The Morgan fingerprint density at radius 2 is 2.08 bits per heavy atom. The van der Waals surface area contributed by atoms with Gasteiger partial charge < -0.3 is 10.0 Å². The molecule has 1 aromatic rings. The second kappa shape index (κ2) is 3.60. The molecule has 0 spiro atoms.